The average Bonchev–Trinajstić information content (AvgIpc) is 2.90. The summed E-state index contributed by atoms with van der Waals surface area (Å²) in [6.45, 7) is 3.86. The largest absolute Gasteiger partial charge is 0.481 e. The van der Waals surface area contributed by atoms with Crippen molar-refractivity contribution in [2.24, 2.45) is 5.92 Å². The van der Waals surface area contributed by atoms with E-state index >= 15 is 0 Å². The van der Waals surface area contributed by atoms with Crippen molar-refractivity contribution in [2.45, 2.75) is 32.9 Å². The average molecular weight is 276 g/mol. The molecule has 5 nitrogen and oxygen atoms in total. The van der Waals surface area contributed by atoms with Crippen LogP contribution in [-0.2, 0) is 17.9 Å². The summed E-state index contributed by atoms with van der Waals surface area (Å²) in [5.74, 6) is -1.25. The zero-order chi connectivity index (χ0) is 14.5. The molecule has 3 N–H and O–H groups in total. The van der Waals surface area contributed by atoms with E-state index in [1.54, 1.807) is 6.92 Å². The van der Waals surface area contributed by atoms with Gasteiger partial charge in [0, 0.05) is 25.2 Å². The molecule has 0 spiro atoms. The minimum Gasteiger partial charge on any atom is -0.481 e. The standard InChI is InChI=1S/C15H20N2O3/c1-10(15(19)20)3-2-6-17-14(18)11-4-5-12-8-16-9-13(12)7-11/h4-5,7,10,16H,2-3,6,8-9H2,1H3,(H,17,18)(H,19,20). The van der Waals surface area contributed by atoms with Crippen molar-refractivity contribution >= 4 is 11.9 Å². The summed E-state index contributed by atoms with van der Waals surface area (Å²) in [6.07, 6.45) is 1.25. The number of carboxylic acid groups (broad SMARTS) is 1. The van der Waals surface area contributed by atoms with Crippen molar-refractivity contribution in [1.29, 1.82) is 0 Å². The predicted octanol–water partition coefficient (Wildman–Crippen LogP) is 1.52. The SMILES string of the molecule is CC(CCCNC(=O)c1ccc2c(c1)CNC2)C(=O)O. The summed E-state index contributed by atoms with van der Waals surface area (Å²) in [4.78, 5) is 22.6. The summed E-state index contributed by atoms with van der Waals surface area (Å²) in [6, 6.07) is 5.74. The molecule has 1 amide bonds. The van der Waals surface area contributed by atoms with Gasteiger partial charge in [0.15, 0.2) is 0 Å². The maximum absolute atomic E-state index is 12.0. The molecule has 1 aromatic rings. The van der Waals surface area contributed by atoms with Gasteiger partial charge in [-0.25, -0.2) is 0 Å². The number of fused-ring (bicyclic) bond motifs is 1. The van der Waals surface area contributed by atoms with Gasteiger partial charge in [0.1, 0.15) is 0 Å². The highest BCUT2D eigenvalue weighted by Gasteiger charge is 2.14. The fraction of sp³-hybridized carbons (Fsp3) is 0.467. The maximum atomic E-state index is 12.0. The number of carbonyl (C=O) groups is 2. The highest BCUT2D eigenvalue weighted by Crippen LogP contribution is 2.17. The Labute approximate surface area is 118 Å². The molecule has 20 heavy (non-hydrogen) atoms. The van der Waals surface area contributed by atoms with Crippen LogP contribution in [0.1, 0.15) is 41.3 Å². The van der Waals surface area contributed by atoms with Gasteiger partial charge in [0.2, 0.25) is 0 Å². The fourth-order valence-corrected chi connectivity index (χ4v) is 2.27. The van der Waals surface area contributed by atoms with Crippen LogP contribution in [0.5, 0.6) is 0 Å². The van der Waals surface area contributed by atoms with Crippen LogP contribution in [0.2, 0.25) is 0 Å². The highest BCUT2D eigenvalue weighted by atomic mass is 16.4. The molecule has 0 saturated heterocycles. The van der Waals surface area contributed by atoms with E-state index in [4.69, 9.17) is 5.11 Å². The van der Waals surface area contributed by atoms with Crippen LogP contribution in [0.4, 0.5) is 0 Å². The maximum Gasteiger partial charge on any atom is 0.306 e. The number of hydrogen-bond acceptors (Lipinski definition) is 3. The molecule has 1 aliphatic heterocycles. The van der Waals surface area contributed by atoms with Crippen LogP contribution in [-0.4, -0.2) is 23.5 Å². The Morgan fingerprint density at radius 3 is 2.85 bits per heavy atom. The molecule has 1 aliphatic rings. The van der Waals surface area contributed by atoms with Gasteiger partial charge in [-0.1, -0.05) is 13.0 Å². The van der Waals surface area contributed by atoms with E-state index in [2.05, 4.69) is 10.6 Å². The first-order valence-corrected chi connectivity index (χ1v) is 6.91. The molecule has 0 fully saturated rings. The van der Waals surface area contributed by atoms with Crippen LogP contribution in [0.3, 0.4) is 0 Å². The summed E-state index contributed by atoms with van der Waals surface area (Å²) in [7, 11) is 0. The molecule has 0 saturated carbocycles. The first-order valence-electron chi connectivity index (χ1n) is 6.91. The molecule has 2 rings (SSSR count). The summed E-state index contributed by atoms with van der Waals surface area (Å²) >= 11 is 0. The van der Waals surface area contributed by atoms with Crippen molar-refractivity contribution in [3.63, 3.8) is 0 Å². The first kappa shape index (κ1) is 14.5. The first-order chi connectivity index (χ1) is 9.58. The fourth-order valence-electron chi connectivity index (χ4n) is 2.27. The van der Waals surface area contributed by atoms with E-state index in [1.807, 2.05) is 18.2 Å². The van der Waals surface area contributed by atoms with Gasteiger partial charge in [-0.2, -0.15) is 0 Å². The smallest absolute Gasteiger partial charge is 0.306 e. The summed E-state index contributed by atoms with van der Waals surface area (Å²) in [5.41, 5.74) is 3.09. The minimum absolute atomic E-state index is 0.0947. The van der Waals surface area contributed by atoms with Gasteiger partial charge in [-0.05, 0) is 36.1 Å². The second-order valence-corrected chi connectivity index (χ2v) is 5.22. The van der Waals surface area contributed by atoms with Gasteiger partial charge >= 0.3 is 5.97 Å². The van der Waals surface area contributed by atoms with Gasteiger partial charge in [-0.15, -0.1) is 0 Å². The molecule has 108 valence electrons. The van der Waals surface area contributed by atoms with Gasteiger partial charge < -0.3 is 15.7 Å². The van der Waals surface area contributed by atoms with Crippen molar-refractivity contribution in [3.8, 4) is 0 Å². The Morgan fingerprint density at radius 2 is 2.10 bits per heavy atom. The monoisotopic (exact) mass is 276 g/mol. The predicted molar refractivity (Wildman–Crippen MR) is 75.4 cm³/mol. The third-order valence-electron chi connectivity index (χ3n) is 3.62. The molecule has 1 unspecified atom stereocenters. The lowest BCUT2D eigenvalue weighted by Gasteiger charge is -2.08. The normalized spacial score (nSPS) is 14.7. The van der Waals surface area contributed by atoms with Crippen molar-refractivity contribution in [1.82, 2.24) is 10.6 Å². The Kier molecular flexibility index (Phi) is 4.74. The molecule has 0 aromatic heterocycles. The van der Waals surface area contributed by atoms with Crippen LogP contribution >= 0.6 is 0 Å². The lowest BCUT2D eigenvalue weighted by atomic mass is 10.1. The van der Waals surface area contributed by atoms with Gasteiger partial charge in [0.25, 0.3) is 5.91 Å². The van der Waals surface area contributed by atoms with E-state index in [9.17, 15) is 9.59 Å². The molecule has 5 heteroatoms. The third kappa shape index (κ3) is 3.57. The Hall–Kier alpha value is -1.88. The lowest BCUT2D eigenvalue weighted by molar-refractivity contribution is -0.141. The third-order valence-corrected chi connectivity index (χ3v) is 3.62. The van der Waals surface area contributed by atoms with Crippen molar-refractivity contribution in [2.75, 3.05) is 6.54 Å². The van der Waals surface area contributed by atoms with E-state index in [0.29, 0.717) is 24.9 Å². The van der Waals surface area contributed by atoms with Crippen LogP contribution in [0.15, 0.2) is 18.2 Å². The molecule has 0 bridgehead atoms. The zero-order valence-corrected chi connectivity index (χ0v) is 11.6. The van der Waals surface area contributed by atoms with Crippen molar-refractivity contribution < 1.29 is 14.7 Å². The molecular weight excluding hydrogens is 256 g/mol. The highest BCUT2D eigenvalue weighted by molar-refractivity contribution is 5.94. The van der Waals surface area contributed by atoms with Crippen LogP contribution in [0, 0.1) is 5.92 Å². The Balaban J connectivity index is 1.79. The van der Waals surface area contributed by atoms with E-state index in [-0.39, 0.29) is 11.8 Å². The molecule has 1 aromatic carbocycles. The van der Waals surface area contributed by atoms with Gasteiger partial charge in [-0.3, -0.25) is 9.59 Å². The quantitative estimate of drug-likeness (QED) is 0.688. The molecule has 1 atom stereocenters. The van der Waals surface area contributed by atoms with Crippen molar-refractivity contribution in [3.05, 3.63) is 34.9 Å². The zero-order valence-electron chi connectivity index (χ0n) is 11.6. The number of hydrogen-bond donors (Lipinski definition) is 3. The molecule has 0 radical (unpaired) electrons. The topological polar surface area (TPSA) is 78.4 Å². The van der Waals surface area contributed by atoms with Gasteiger partial charge in [0.05, 0.1) is 5.92 Å². The summed E-state index contributed by atoms with van der Waals surface area (Å²) < 4.78 is 0. The number of amides is 1. The minimum atomic E-state index is -0.789. The number of nitrogens with one attached hydrogen (secondary N) is 2. The van der Waals surface area contributed by atoms with E-state index in [1.165, 1.54) is 11.1 Å². The molecular formula is C15H20N2O3. The van der Waals surface area contributed by atoms with Crippen LogP contribution < -0.4 is 10.6 Å². The number of rotatable bonds is 6. The number of carbonyl (C=O) groups excluding carboxylic acids is 1. The van der Waals surface area contributed by atoms with E-state index in [0.717, 1.165) is 13.1 Å². The number of aliphatic carboxylic acids is 1. The van der Waals surface area contributed by atoms with Crippen LogP contribution in [0.25, 0.3) is 0 Å². The molecule has 1 heterocycles. The summed E-state index contributed by atoms with van der Waals surface area (Å²) in [5, 5.41) is 14.8. The Bertz CT molecular complexity index is 514. The number of carboxylic acids is 1. The second kappa shape index (κ2) is 6.52. The Morgan fingerprint density at radius 1 is 1.35 bits per heavy atom. The molecule has 0 aliphatic carbocycles. The second-order valence-electron chi connectivity index (χ2n) is 5.22. The lowest BCUT2D eigenvalue weighted by Crippen LogP contribution is -2.25. The number of benzene rings is 1. The van der Waals surface area contributed by atoms with E-state index < -0.39 is 5.97 Å².